The Balaban J connectivity index is 2.64. The number of aliphatic carboxylic acids is 1. The molecule has 0 aliphatic heterocycles. The third kappa shape index (κ3) is 3.18. The molecule has 0 bridgehead atoms. The number of hydrogen-bond acceptors (Lipinski definition) is 3. The van der Waals surface area contributed by atoms with Gasteiger partial charge >= 0.3 is 5.97 Å². The quantitative estimate of drug-likeness (QED) is 0.693. The van der Waals surface area contributed by atoms with Gasteiger partial charge in [-0.2, -0.15) is 0 Å². The predicted octanol–water partition coefficient (Wildman–Crippen LogP) is 1.21. The smallest absolute Gasteiger partial charge is 0.321 e. The van der Waals surface area contributed by atoms with Crippen LogP contribution < -0.4 is 0 Å². The van der Waals surface area contributed by atoms with Crippen molar-refractivity contribution in [3.63, 3.8) is 0 Å². The fraction of sp³-hybridized carbons (Fsp3) is 0.909. The van der Waals surface area contributed by atoms with Crippen molar-refractivity contribution in [2.45, 2.75) is 38.8 Å². The van der Waals surface area contributed by atoms with E-state index in [1.165, 1.54) is 0 Å². The molecule has 0 saturated heterocycles. The molecule has 1 aliphatic carbocycles. The highest BCUT2D eigenvalue weighted by Crippen LogP contribution is 2.36. The van der Waals surface area contributed by atoms with Gasteiger partial charge in [-0.15, -0.1) is 0 Å². The first kappa shape index (κ1) is 12.5. The van der Waals surface area contributed by atoms with Crippen molar-refractivity contribution in [1.82, 2.24) is 4.90 Å². The van der Waals surface area contributed by atoms with E-state index in [-0.39, 0.29) is 12.1 Å². The summed E-state index contributed by atoms with van der Waals surface area (Å²) in [6, 6.07) is -0.151. The standard InChI is InChI=1S/C11H21NO3/c1-4-12(8(2)7-15-3)10(11(13)14)9-5-6-9/h8-10H,4-7H2,1-3H3,(H,13,14). The maximum absolute atomic E-state index is 11.2. The van der Waals surface area contributed by atoms with Crippen LogP contribution in [-0.2, 0) is 9.53 Å². The SMILES string of the molecule is CCN(C(C)COC)C(C(=O)O)C1CC1. The van der Waals surface area contributed by atoms with Gasteiger partial charge in [-0.1, -0.05) is 6.92 Å². The van der Waals surface area contributed by atoms with Crippen LogP contribution >= 0.6 is 0 Å². The van der Waals surface area contributed by atoms with E-state index in [1.54, 1.807) is 7.11 Å². The van der Waals surface area contributed by atoms with Crippen LogP contribution in [0.5, 0.6) is 0 Å². The number of carboxylic acid groups (broad SMARTS) is 1. The van der Waals surface area contributed by atoms with Crippen LogP contribution in [0.1, 0.15) is 26.7 Å². The highest BCUT2D eigenvalue weighted by atomic mass is 16.5. The first-order valence-corrected chi connectivity index (χ1v) is 5.59. The molecule has 1 rings (SSSR count). The van der Waals surface area contributed by atoms with Crippen LogP contribution in [0.4, 0.5) is 0 Å². The van der Waals surface area contributed by atoms with Crippen molar-refractivity contribution in [3.8, 4) is 0 Å². The van der Waals surface area contributed by atoms with Crippen molar-refractivity contribution in [2.24, 2.45) is 5.92 Å². The summed E-state index contributed by atoms with van der Waals surface area (Å²) in [5.74, 6) is -0.343. The molecular weight excluding hydrogens is 194 g/mol. The largest absolute Gasteiger partial charge is 0.480 e. The summed E-state index contributed by atoms with van der Waals surface area (Å²) in [6.45, 7) is 5.37. The van der Waals surface area contributed by atoms with Gasteiger partial charge in [-0.05, 0) is 32.2 Å². The summed E-state index contributed by atoms with van der Waals surface area (Å²) in [5, 5.41) is 9.22. The number of methoxy groups -OCH3 is 1. The van der Waals surface area contributed by atoms with Crippen molar-refractivity contribution < 1.29 is 14.6 Å². The van der Waals surface area contributed by atoms with E-state index in [1.807, 2.05) is 18.7 Å². The van der Waals surface area contributed by atoms with Crippen molar-refractivity contribution in [3.05, 3.63) is 0 Å². The molecule has 1 N–H and O–H groups in total. The third-order valence-electron chi connectivity index (χ3n) is 3.02. The molecule has 88 valence electrons. The van der Waals surface area contributed by atoms with E-state index < -0.39 is 5.97 Å². The normalized spacial score (nSPS) is 20.3. The lowest BCUT2D eigenvalue weighted by atomic mass is 10.1. The number of likely N-dealkylation sites (N-methyl/N-ethyl adjacent to an activating group) is 1. The summed E-state index contributed by atoms with van der Waals surface area (Å²) in [7, 11) is 1.65. The summed E-state index contributed by atoms with van der Waals surface area (Å²) in [6.07, 6.45) is 2.10. The Morgan fingerprint density at radius 1 is 1.60 bits per heavy atom. The van der Waals surface area contributed by atoms with Gasteiger partial charge < -0.3 is 9.84 Å². The fourth-order valence-electron chi connectivity index (χ4n) is 2.15. The van der Waals surface area contributed by atoms with E-state index in [2.05, 4.69) is 0 Å². The summed E-state index contributed by atoms with van der Waals surface area (Å²) in [4.78, 5) is 13.2. The average Bonchev–Trinajstić information content (AvgIpc) is 2.96. The van der Waals surface area contributed by atoms with Crippen LogP contribution in [0.3, 0.4) is 0 Å². The zero-order valence-corrected chi connectivity index (χ0v) is 9.77. The number of nitrogens with zero attached hydrogens (tertiary/aromatic N) is 1. The monoisotopic (exact) mass is 215 g/mol. The first-order chi connectivity index (χ1) is 7.11. The topological polar surface area (TPSA) is 49.8 Å². The molecule has 4 heteroatoms. The minimum atomic E-state index is -0.692. The number of ether oxygens (including phenoxy) is 1. The second-order valence-electron chi connectivity index (χ2n) is 4.26. The maximum atomic E-state index is 11.2. The Bertz CT molecular complexity index is 216. The van der Waals surface area contributed by atoms with Gasteiger partial charge in [0.2, 0.25) is 0 Å². The molecule has 0 amide bonds. The lowest BCUT2D eigenvalue weighted by molar-refractivity contribution is -0.145. The summed E-state index contributed by atoms with van der Waals surface area (Å²) < 4.78 is 5.08. The number of carbonyl (C=O) groups is 1. The highest BCUT2D eigenvalue weighted by Gasteiger charge is 2.41. The Morgan fingerprint density at radius 2 is 2.20 bits per heavy atom. The Morgan fingerprint density at radius 3 is 2.53 bits per heavy atom. The fourth-order valence-corrected chi connectivity index (χ4v) is 2.15. The zero-order chi connectivity index (χ0) is 11.4. The van der Waals surface area contributed by atoms with E-state index in [0.29, 0.717) is 12.5 Å². The molecule has 2 atom stereocenters. The minimum Gasteiger partial charge on any atom is -0.480 e. The van der Waals surface area contributed by atoms with Gasteiger partial charge in [0.05, 0.1) is 6.61 Å². The number of hydrogen-bond donors (Lipinski definition) is 1. The number of rotatable bonds is 7. The molecule has 0 aromatic heterocycles. The summed E-state index contributed by atoms with van der Waals surface area (Å²) >= 11 is 0. The zero-order valence-electron chi connectivity index (χ0n) is 9.77. The summed E-state index contributed by atoms with van der Waals surface area (Å²) in [5.41, 5.74) is 0. The minimum absolute atomic E-state index is 0.168. The van der Waals surface area contributed by atoms with E-state index >= 15 is 0 Å². The molecule has 1 fully saturated rings. The van der Waals surface area contributed by atoms with Gasteiger partial charge in [-0.25, -0.2) is 0 Å². The van der Waals surface area contributed by atoms with Crippen LogP contribution in [0.2, 0.25) is 0 Å². The molecule has 4 nitrogen and oxygen atoms in total. The van der Waals surface area contributed by atoms with Crippen LogP contribution in [-0.4, -0.2) is 48.3 Å². The lowest BCUT2D eigenvalue weighted by Crippen LogP contribution is -2.49. The van der Waals surface area contributed by atoms with Gasteiger partial charge in [-0.3, -0.25) is 9.69 Å². The Kier molecular flexibility index (Phi) is 4.54. The number of carboxylic acids is 1. The molecule has 0 aromatic carbocycles. The molecule has 0 radical (unpaired) electrons. The Labute approximate surface area is 91.2 Å². The van der Waals surface area contributed by atoms with Gasteiger partial charge in [0.25, 0.3) is 0 Å². The predicted molar refractivity (Wildman–Crippen MR) is 57.9 cm³/mol. The molecule has 2 unspecified atom stereocenters. The van der Waals surface area contributed by atoms with E-state index in [4.69, 9.17) is 4.74 Å². The first-order valence-electron chi connectivity index (χ1n) is 5.59. The molecular formula is C11H21NO3. The highest BCUT2D eigenvalue weighted by molar-refractivity contribution is 5.74. The molecule has 15 heavy (non-hydrogen) atoms. The lowest BCUT2D eigenvalue weighted by Gasteiger charge is -2.32. The molecule has 0 spiro atoms. The van der Waals surface area contributed by atoms with Crippen LogP contribution in [0, 0.1) is 5.92 Å². The van der Waals surface area contributed by atoms with Crippen molar-refractivity contribution >= 4 is 5.97 Å². The average molecular weight is 215 g/mol. The van der Waals surface area contributed by atoms with Crippen molar-refractivity contribution in [2.75, 3.05) is 20.3 Å². The molecule has 0 aromatic rings. The van der Waals surface area contributed by atoms with E-state index in [9.17, 15) is 9.90 Å². The van der Waals surface area contributed by atoms with Crippen LogP contribution in [0.15, 0.2) is 0 Å². The van der Waals surface area contributed by atoms with Gasteiger partial charge in [0.1, 0.15) is 6.04 Å². The molecule has 1 saturated carbocycles. The molecule has 0 heterocycles. The second kappa shape index (κ2) is 5.47. The van der Waals surface area contributed by atoms with Gasteiger partial charge in [0.15, 0.2) is 0 Å². The molecule has 1 aliphatic rings. The van der Waals surface area contributed by atoms with Gasteiger partial charge in [0, 0.05) is 13.2 Å². The third-order valence-corrected chi connectivity index (χ3v) is 3.02. The van der Waals surface area contributed by atoms with E-state index in [0.717, 1.165) is 19.4 Å². The second-order valence-corrected chi connectivity index (χ2v) is 4.26. The van der Waals surface area contributed by atoms with Crippen LogP contribution in [0.25, 0.3) is 0 Å². The van der Waals surface area contributed by atoms with Crippen molar-refractivity contribution in [1.29, 1.82) is 0 Å². The maximum Gasteiger partial charge on any atom is 0.321 e. The Hall–Kier alpha value is -0.610.